The smallest absolute Gasteiger partial charge is 0.323 e. The Hall–Kier alpha value is -0.660. The minimum Gasteiger partial charge on any atom is -0.480 e. The zero-order valence-electron chi connectivity index (χ0n) is 10.8. The van der Waals surface area contributed by atoms with Gasteiger partial charge in [0.25, 0.3) is 0 Å². The fourth-order valence-corrected chi connectivity index (χ4v) is 3.30. The normalized spacial score (nSPS) is 24.1. The molecule has 0 radical (unpaired) electrons. The van der Waals surface area contributed by atoms with Gasteiger partial charge in [-0.1, -0.05) is 0 Å². The van der Waals surface area contributed by atoms with Gasteiger partial charge in [-0.25, -0.2) is 8.42 Å². The van der Waals surface area contributed by atoms with Crippen LogP contribution in [0.15, 0.2) is 0 Å². The predicted molar refractivity (Wildman–Crippen MR) is 69.2 cm³/mol. The van der Waals surface area contributed by atoms with E-state index < -0.39 is 21.3 Å². The number of nitrogens with two attached hydrogens (primary N) is 1. The lowest BCUT2D eigenvalue weighted by Crippen LogP contribution is -2.45. The fourth-order valence-electron chi connectivity index (χ4n) is 1.99. The molecule has 1 saturated heterocycles. The molecule has 0 saturated carbocycles. The summed E-state index contributed by atoms with van der Waals surface area (Å²) in [5, 5.41) is 8.87. The topological polar surface area (TPSA) is 101 Å². The van der Waals surface area contributed by atoms with Gasteiger partial charge in [0.15, 0.2) is 9.84 Å². The molecule has 3 N–H and O–H groups in total. The van der Waals surface area contributed by atoms with Crippen molar-refractivity contribution >= 4 is 15.8 Å². The lowest BCUT2D eigenvalue weighted by Gasteiger charge is -2.23. The van der Waals surface area contributed by atoms with Gasteiger partial charge < -0.3 is 15.7 Å². The van der Waals surface area contributed by atoms with Crippen LogP contribution < -0.4 is 5.73 Å². The van der Waals surface area contributed by atoms with E-state index in [1.165, 1.54) is 6.92 Å². The third-order valence-electron chi connectivity index (χ3n) is 3.31. The average molecular weight is 278 g/mol. The zero-order chi connectivity index (χ0) is 13.8. The maximum Gasteiger partial charge on any atom is 0.323 e. The highest BCUT2D eigenvalue weighted by Crippen LogP contribution is 2.11. The number of hydrogen-bond donors (Lipinski definition) is 2. The molecule has 0 amide bonds. The Morgan fingerprint density at radius 2 is 2.06 bits per heavy atom. The van der Waals surface area contributed by atoms with Gasteiger partial charge in [-0.15, -0.1) is 0 Å². The Morgan fingerprint density at radius 1 is 1.39 bits per heavy atom. The SMILES string of the molecule is CC(N)(CCCN1CCCS(=O)(=O)CC1)C(=O)O. The fraction of sp³-hybridized carbons (Fsp3) is 0.909. The van der Waals surface area contributed by atoms with Crippen LogP contribution in [-0.2, 0) is 14.6 Å². The molecule has 6 nitrogen and oxygen atoms in total. The molecule has 106 valence electrons. The Kier molecular flexibility index (Phi) is 5.12. The van der Waals surface area contributed by atoms with Crippen LogP contribution in [-0.4, -0.2) is 61.1 Å². The molecule has 0 aromatic heterocycles. The standard InChI is InChI=1S/C11H22N2O4S/c1-11(12,10(14)15)4-2-5-13-6-3-8-18(16,17)9-7-13/h2-9,12H2,1H3,(H,14,15). The number of carboxylic acids is 1. The van der Waals surface area contributed by atoms with Crippen LogP contribution in [0.1, 0.15) is 26.2 Å². The molecule has 1 unspecified atom stereocenters. The van der Waals surface area contributed by atoms with Gasteiger partial charge in [-0.05, 0) is 39.3 Å². The molecule has 0 aromatic carbocycles. The van der Waals surface area contributed by atoms with Gasteiger partial charge in [0.05, 0.1) is 11.5 Å². The van der Waals surface area contributed by atoms with E-state index in [1.807, 2.05) is 0 Å². The van der Waals surface area contributed by atoms with Crippen molar-refractivity contribution in [3.05, 3.63) is 0 Å². The predicted octanol–water partition coefficient (Wildman–Crippen LogP) is -0.311. The molecule has 1 heterocycles. The number of carbonyl (C=O) groups is 1. The summed E-state index contributed by atoms with van der Waals surface area (Å²) < 4.78 is 22.8. The summed E-state index contributed by atoms with van der Waals surface area (Å²) in [5.41, 5.74) is 4.44. The largest absolute Gasteiger partial charge is 0.480 e. The summed E-state index contributed by atoms with van der Waals surface area (Å²) >= 11 is 0. The third-order valence-corrected chi connectivity index (χ3v) is 5.02. The third kappa shape index (κ3) is 4.91. The van der Waals surface area contributed by atoms with Crippen molar-refractivity contribution in [2.45, 2.75) is 31.7 Å². The van der Waals surface area contributed by atoms with E-state index >= 15 is 0 Å². The van der Waals surface area contributed by atoms with Crippen molar-refractivity contribution in [2.75, 3.05) is 31.1 Å². The molecule has 7 heteroatoms. The quantitative estimate of drug-likeness (QED) is 0.715. The number of sulfone groups is 1. The van der Waals surface area contributed by atoms with E-state index in [2.05, 4.69) is 4.90 Å². The van der Waals surface area contributed by atoms with Crippen molar-refractivity contribution in [3.63, 3.8) is 0 Å². The first-order valence-corrected chi connectivity index (χ1v) is 8.00. The highest BCUT2D eigenvalue weighted by molar-refractivity contribution is 7.91. The first-order valence-electron chi connectivity index (χ1n) is 6.18. The molecule has 0 spiro atoms. The summed E-state index contributed by atoms with van der Waals surface area (Å²) in [6.07, 6.45) is 1.71. The lowest BCUT2D eigenvalue weighted by atomic mass is 9.97. The minimum atomic E-state index is -2.88. The monoisotopic (exact) mass is 278 g/mol. The highest BCUT2D eigenvalue weighted by atomic mass is 32.2. The second-order valence-electron chi connectivity index (χ2n) is 5.17. The average Bonchev–Trinajstić information content (AvgIpc) is 2.40. The summed E-state index contributed by atoms with van der Waals surface area (Å²) in [6, 6.07) is 0. The maximum absolute atomic E-state index is 11.4. The number of nitrogens with zero attached hydrogens (tertiary/aromatic N) is 1. The lowest BCUT2D eigenvalue weighted by molar-refractivity contribution is -0.142. The maximum atomic E-state index is 11.4. The Labute approximate surface area is 108 Å². The van der Waals surface area contributed by atoms with Crippen LogP contribution in [0.3, 0.4) is 0 Å². The van der Waals surface area contributed by atoms with Gasteiger partial charge in [0.1, 0.15) is 5.54 Å². The second-order valence-corrected chi connectivity index (χ2v) is 7.48. The van der Waals surface area contributed by atoms with Gasteiger partial charge in [0, 0.05) is 6.54 Å². The first-order chi connectivity index (χ1) is 8.23. The van der Waals surface area contributed by atoms with E-state index in [0.29, 0.717) is 32.4 Å². The molecule has 18 heavy (non-hydrogen) atoms. The number of aliphatic carboxylic acids is 1. The number of carboxylic acid groups (broad SMARTS) is 1. The van der Waals surface area contributed by atoms with Crippen molar-refractivity contribution in [2.24, 2.45) is 5.73 Å². The van der Waals surface area contributed by atoms with Crippen LogP contribution >= 0.6 is 0 Å². The van der Waals surface area contributed by atoms with Crippen molar-refractivity contribution < 1.29 is 18.3 Å². The van der Waals surface area contributed by atoms with Crippen molar-refractivity contribution in [1.82, 2.24) is 4.90 Å². The highest BCUT2D eigenvalue weighted by Gasteiger charge is 2.27. The Balaban J connectivity index is 2.34. The summed E-state index contributed by atoms with van der Waals surface area (Å²) in [6.45, 7) is 3.50. The molecule has 0 aliphatic carbocycles. The van der Waals surface area contributed by atoms with Crippen LogP contribution in [0.2, 0.25) is 0 Å². The number of rotatable bonds is 5. The molecule has 1 rings (SSSR count). The molecular weight excluding hydrogens is 256 g/mol. The second kappa shape index (κ2) is 5.99. The molecule has 0 aromatic rings. The number of hydrogen-bond acceptors (Lipinski definition) is 5. The first kappa shape index (κ1) is 15.4. The van der Waals surface area contributed by atoms with Gasteiger partial charge in [0.2, 0.25) is 0 Å². The van der Waals surface area contributed by atoms with E-state index in [4.69, 9.17) is 10.8 Å². The van der Waals surface area contributed by atoms with Gasteiger partial charge in [-0.2, -0.15) is 0 Å². The zero-order valence-corrected chi connectivity index (χ0v) is 11.6. The van der Waals surface area contributed by atoms with E-state index in [-0.39, 0.29) is 11.5 Å². The molecule has 1 aliphatic rings. The summed E-state index contributed by atoms with van der Waals surface area (Å²) in [7, 11) is -2.88. The van der Waals surface area contributed by atoms with Crippen LogP contribution in [0, 0.1) is 0 Å². The van der Waals surface area contributed by atoms with E-state index in [9.17, 15) is 13.2 Å². The Bertz CT molecular complexity index is 392. The van der Waals surface area contributed by atoms with E-state index in [0.717, 1.165) is 6.54 Å². The molecule has 1 aliphatic heterocycles. The van der Waals surface area contributed by atoms with Crippen molar-refractivity contribution in [3.8, 4) is 0 Å². The molecule has 1 atom stereocenters. The summed E-state index contributed by atoms with van der Waals surface area (Å²) in [5.74, 6) is -0.542. The van der Waals surface area contributed by atoms with Gasteiger partial charge in [-0.3, -0.25) is 4.79 Å². The molecule has 1 fully saturated rings. The van der Waals surface area contributed by atoms with Crippen LogP contribution in [0.4, 0.5) is 0 Å². The minimum absolute atomic E-state index is 0.200. The van der Waals surface area contributed by atoms with Crippen LogP contribution in [0.25, 0.3) is 0 Å². The van der Waals surface area contributed by atoms with Crippen LogP contribution in [0.5, 0.6) is 0 Å². The summed E-state index contributed by atoms with van der Waals surface area (Å²) in [4.78, 5) is 12.9. The van der Waals surface area contributed by atoms with Crippen molar-refractivity contribution in [1.29, 1.82) is 0 Å². The molecule has 0 bridgehead atoms. The Morgan fingerprint density at radius 3 is 2.67 bits per heavy atom. The molecular formula is C11H22N2O4S. The van der Waals surface area contributed by atoms with E-state index in [1.54, 1.807) is 0 Å². The van der Waals surface area contributed by atoms with Gasteiger partial charge >= 0.3 is 5.97 Å².